The molecule has 0 saturated heterocycles. The zero-order valence-corrected chi connectivity index (χ0v) is 20.0. The molecule has 184 valence electrons. The number of carbonyl (C=O) groups excluding carboxylic acids is 2. The lowest BCUT2D eigenvalue weighted by Crippen LogP contribution is -2.40. The maximum Gasteiger partial charge on any atom is 0.255 e. The van der Waals surface area contributed by atoms with E-state index < -0.39 is 5.82 Å². The third kappa shape index (κ3) is 6.37. The van der Waals surface area contributed by atoms with Crippen LogP contribution in [0.25, 0.3) is 11.5 Å². The van der Waals surface area contributed by atoms with Gasteiger partial charge in [0.25, 0.3) is 5.91 Å². The third-order valence-corrected chi connectivity index (χ3v) is 5.78. The first-order chi connectivity index (χ1) is 16.9. The van der Waals surface area contributed by atoms with Gasteiger partial charge in [-0.15, -0.1) is 0 Å². The van der Waals surface area contributed by atoms with E-state index in [9.17, 15) is 14.0 Å². The molecular formula is C25H26ClFN4O4. The fourth-order valence-corrected chi connectivity index (χ4v) is 3.94. The predicted molar refractivity (Wildman–Crippen MR) is 129 cm³/mol. The second-order valence-electron chi connectivity index (χ2n) is 8.16. The molecule has 0 fully saturated rings. The number of benzene rings is 2. The highest BCUT2D eigenvalue weighted by Gasteiger charge is 2.20. The molecule has 2 aromatic carbocycles. The lowest BCUT2D eigenvalue weighted by atomic mass is 10.2. The molecule has 8 nitrogen and oxygen atoms in total. The van der Waals surface area contributed by atoms with Gasteiger partial charge >= 0.3 is 0 Å². The molecule has 0 saturated carbocycles. The molecule has 3 aromatic rings. The first-order valence-corrected chi connectivity index (χ1v) is 11.7. The molecule has 35 heavy (non-hydrogen) atoms. The Bertz CT molecular complexity index is 1220. The van der Waals surface area contributed by atoms with E-state index in [0.29, 0.717) is 53.8 Å². The Morgan fingerprint density at radius 2 is 1.94 bits per heavy atom. The molecule has 1 aliphatic rings. The number of nitrogens with zero attached hydrogens (tertiary/aromatic N) is 2. The van der Waals surface area contributed by atoms with E-state index in [1.165, 1.54) is 6.07 Å². The van der Waals surface area contributed by atoms with Crippen molar-refractivity contribution in [2.75, 3.05) is 32.8 Å². The van der Waals surface area contributed by atoms with Gasteiger partial charge in [-0.25, -0.2) is 9.37 Å². The third-order valence-electron chi connectivity index (χ3n) is 5.54. The van der Waals surface area contributed by atoms with Crippen LogP contribution in [0.3, 0.4) is 0 Å². The van der Waals surface area contributed by atoms with Gasteiger partial charge in [0.1, 0.15) is 23.9 Å². The van der Waals surface area contributed by atoms with Crippen molar-refractivity contribution in [2.45, 2.75) is 19.9 Å². The van der Waals surface area contributed by atoms with Crippen LogP contribution < -0.4 is 15.4 Å². The molecule has 0 bridgehead atoms. The zero-order valence-electron chi connectivity index (χ0n) is 19.3. The maximum absolute atomic E-state index is 14.2. The van der Waals surface area contributed by atoms with Crippen LogP contribution in [-0.2, 0) is 11.3 Å². The molecule has 0 unspecified atom stereocenters. The second-order valence-corrected chi connectivity index (χ2v) is 8.60. The number of oxazole rings is 1. The molecule has 4 rings (SSSR count). The summed E-state index contributed by atoms with van der Waals surface area (Å²) in [6.45, 7) is 3.60. The highest BCUT2D eigenvalue weighted by Crippen LogP contribution is 2.25. The van der Waals surface area contributed by atoms with Crippen molar-refractivity contribution in [1.29, 1.82) is 0 Å². The number of hydrogen-bond donors (Lipinski definition) is 2. The van der Waals surface area contributed by atoms with Crippen molar-refractivity contribution in [2.24, 2.45) is 0 Å². The summed E-state index contributed by atoms with van der Waals surface area (Å²) >= 11 is 6.06. The van der Waals surface area contributed by atoms with Gasteiger partial charge in [-0.3, -0.25) is 14.5 Å². The number of carbonyl (C=O) groups is 2. The van der Waals surface area contributed by atoms with Gasteiger partial charge in [0.15, 0.2) is 0 Å². The summed E-state index contributed by atoms with van der Waals surface area (Å²) in [7, 11) is 0. The van der Waals surface area contributed by atoms with Crippen LogP contribution in [0.4, 0.5) is 4.39 Å². The SMILES string of the molecule is Cc1oc(-c2ccccc2F)nc1CN1CCCNC(=O)c2cc(Cl)ccc2OCCNC(=O)C1. The van der Waals surface area contributed by atoms with Crippen LogP contribution in [-0.4, -0.2) is 54.5 Å². The molecule has 1 aliphatic heterocycles. The predicted octanol–water partition coefficient (Wildman–Crippen LogP) is 3.57. The highest BCUT2D eigenvalue weighted by molar-refractivity contribution is 6.31. The fraction of sp³-hybridized carbons (Fsp3) is 0.320. The molecule has 2 amide bonds. The van der Waals surface area contributed by atoms with Crippen LogP contribution in [0.15, 0.2) is 46.9 Å². The van der Waals surface area contributed by atoms with Crippen LogP contribution in [0.2, 0.25) is 5.02 Å². The summed E-state index contributed by atoms with van der Waals surface area (Å²) in [4.78, 5) is 31.6. The van der Waals surface area contributed by atoms with E-state index in [1.807, 2.05) is 4.90 Å². The number of ether oxygens (including phenoxy) is 1. The summed E-state index contributed by atoms with van der Waals surface area (Å²) in [5.41, 5.74) is 1.24. The Kier molecular flexibility index (Phi) is 7.99. The number of amides is 2. The summed E-state index contributed by atoms with van der Waals surface area (Å²) in [6.07, 6.45) is 0.590. The first kappa shape index (κ1) is 24.7. The number of aromatic nitrogens is 1. The van der Waals surface area contributed by atoms with Crippen molar-refractivity contribution < 1.29 is 23.1 Å². The Balaban J connectivity index is 1.47. The van der Waals surface area contributed by atoms with E-state index in [0.717, 1.165) is 0 Å². The molecule has 0 radical (unpaired) electrons. The summed E-state index contributed by atoms with van der Waals surface area (Å²) < 4.78 is 25.6. The van der Waals surface area contributed by atoms with Gasteiger partial charge < -0.3 is 19.8 Å². The normalized spacial score (nSPS) is 16.0. The largest absolute Gasteiger partial charge is 0.491 e. The summed E-state index contributed by atoms with van der Waals surface area (Å²) in [6, 6.07) is 11.1. The van der Waals surface area contributed by atoms with Gasteiger partial charge in [0.05, 0.1) is 29.9 Å². The molecule has 1 aromatic heterocycles. The average molecular weight is 501 g/mol. The quantitative estimate of drug-likeness (QED) is 0.570. The summed E-state index contributed by atoms with van der Waals surface area (Å²) in [5, 5.41) is 6.14. The average Bonchev–Trinajstić information content (AvgIpc) is 3.19. The number of aryl methyl sites for hydroxylation is 1. The van der Waals surface area contributed by atoms with Gasteiger partial charge in [-0.1, -0.05) is 23.7 Å². The van der Waals surface area contributed by atoms with Gasteiger partial charge in [-0.05, 0) is 43.7 Å². The van der Waals surface area contributed by atoms with Crippen molar-refractivity contribution in [3.63, 3.8) is 0 Å². The molecule has 2 heterocycles. The van der Waals surface area contributed by atoms with Crippen molar-refractivity contribution in [1.82, 2.24) is 20.5 Å². The minimum Gasteiger partial charge on any atom is -0.491 e. The second kappa shape index (κ2) is 11.3. The van der Waals surface area contributed by atoms with Gasteiger partial charge in [0, 0.05) is 24.7 Å². The number of fused-ring (bicyclic) bond motifs is 1. The first-order valence-electron chi connectivity index (χ1n) is 11.3. The van der Waals surface area contributed by atoms with E-state index in [1.54, 1.807) is 43.3 Å². The number of halogens is 2. The monoisotopic (exact) mass is 500 g/mol. The Labute approximate surface area is 207 Å². The zero-order chi connectivity index (χ0) is 24.8. The van der Waals surface area contributed by atoms with Crippen LogP contribution in [0, 0.1) is 12.7 Å². The van der Waals surface area contributed by atoms with Crippen LogP contribution in [0.5, 0.6) is 5.75 Å². The van der Waals surface area contributed by atoms with Crippen molar-refractivity contribution in [3.8, 4) is 17.2 Å². The molecule has 2 N–H and O–H groups in total. The Morgan fingerprint density at radius 3 is 2.77 bits per heavy atom. The van der Waals surface area contributed by atoms with Gasteiger partial charge in [0.2, 0.25) is 11.8 Å². The van der Waals surface area contributed by atoms with Crippen molar-refractivity contribution in [3.05, 3.63) is 70.3 Å². The Morgan fingerprint density at radius 1 is 1.11 bits per heavy atom. The molecule has 0 spiro atoms. The minimum atomic E-state index is -0.418. The smallest absolute Gasteiger partial charge is 0.255 e. The van der Waals surface area contributed by atoms with E-state index in [4.69, 9.17) is 20.8 Å². The summed E-state index contributed by atoms with van der Waals surface area (Å²) in [5.74, 6) is 0.298. The van der Waals surface area contributed by atoms with Crippen molar-refractivity contribution >= 4 is 23.4 Å². The van der Waals surface area contributed by atoms with Gasteiger partial charge in [-0.2, -0.15) is 0 Å². The molecule has 10 heteroatoms. The highest BCUT2D eigenvalue weighted by atomic mass is 35.5. The van der Waals surface area contributed by atoms with E-state index in [-0.39, 0.29) is 43.0 Å². The molecule has 0 aliphatic carbocycles. The standard InChI is InChI=1S/C25H26ClFN4O4/c1-16-21(30-25(35-16)18-5-2-3-6-20(18)27)14-31-11-4-9-29-24(33)19-13-17(26)7-8-22(19)34-12-10-28-23(32)15-31/h2-3,5-8,13H,4,9-12,14-15H2,1H3,(H,28,32)(H,29,33). The van der Waals surface area contributed by atoms with Crippen LogP contribution >= 0.6 is 11.6 Å². The molecule has 0 atom stereocenters. The number of hydrogen-bond acceptors (Lipinski definition) is 6. The fourth-order valence-electron chi connectivity index (χ4n) is 3.77. The molecular weight excluding hydrogens is 475 g/mol. The number of rotatable bonds is 3. The topological polar surface area (TPSA) is 96.7 Å². The Hall–Kier alpha value is -3.43. The van der Waals surface area contributed by atoms with E-state index in [2.05, 4.69) is 15.6 Å². The number of nitrogens with one attached hydrogen (secondary N) is 2. The minimum absolute atomic E-state index is 0.126. The van der Waals surface area contributed by atoms with Crippen LogP contribution in [0.1, 0.15) is 28.2 Å². The lowest BCUT2D eigenvalue weighted by molar-refractivity contribution is -0.122. The maximum atomic E-state index is 14.2. The lowest BCUT2D eigenvalue weighted by Gasteiger charge is -2.22. The van der Waals surface area contributed by atoms with E-state index >= 15 is 0 Å².